The van der Waals surface area contributed by atoms with Crippen molar-refractivity contribution in [1.82, 2.24) is 5.32 Å². The van der Waals surface area contributed by atoms with E-state index in [1.807, 2.05) is 5.38 Å². The molecule has 6 heteroatoms. The minimum absolute atomic E-state index is 0.0296. The molecule has 1 amide bonds. The van der Waals surface area contributed by atoms with E-state index in [1.54, 1.807) is 35.7 Å². The second kappa shape index (κ2) is 6.13. The molecule has 0 aliphatic carbocycles. The molecule has 22 heavy (non-hydrogen) atoms. The number of carbonyl (C=O) groups excluding carboxylic acids is 1. The average molecular weight is 315 g/mol. The zero-order valence-electron chi connectivity index (χ0n) is 11.5. The van der Waals surface area contributed by atoms with Crippen LogP contribution >= 0.6 is 11.3 Å². The third-order valence-corrected chi connectivity index (χ3v) is 3.97. The van der Waals surface area contributed by atoms with Crippen molar-refractivity contribution in [2.45, 2.75) is 6.10 Å². The number of hydrogen-bond acceptors (Lipinski definition) is 5. The monoisotopic (exact) mass is 315 g/mol. The first-order chi connectivity index (χ1) is 10.6. The Kier molecular flexibility index (Phi) is 4.04. The fourth-order valence-electron chi connectivity index (χ4n) is 2.09. The number of thiophene rings is 1. The zero-order valence-corrected chi connectivity index (χ0v) is 12.3. The van der Waals surface area contributed by atoms with Gasteiger partial charge in [0.05, 0.1) is 6.10 Å². The van der Waals surface area contributed by atoms with Crippen LogP contribution in [0.1, 0.15) is 22.0 Å². The molecular weight excluding hydrogens is 302 g/mol. The lowest BCUT2D eigenvalue weighted by Crippen LogP contribution is -2.31. The summed E-state index contributed by atoms with van der Waals surface area (Å²) in [7, 11) is 0. The Morgan fingerprint density at radius 3 is 2.91 bits per heavy atom. The normalized spacial score (nSPS) is 12.2. The van der Waals surface area contributed by atoms with Crippen molar-refractivity contribution in [2.75, 3.05) is 6.54 Å². The van der Waals surface area contributed by atoms with Gasteiger partial charge >= 0.3 is 5.63 Å². The van der Waals surface area contributed by atoms with E-state index in [4.69, 9.17) is 4.42 Å². The highest BCUT2D eigenvalue weighted by Crippen LogP contribution is 2.16. The first-order valence-electron chi connectivity index (χ1n) is 6.66. The lowest BCUT2D eigenvalue weighted by molar-refractivity contribution is 0.0913. The fourth-order valence-corrected chi connectivity index (χ4v) is 2.79. The summed E-state index contributed by atoms with van der Waals surface area (Å²) in [5.74, 6) is -0.561. The van der Waals surface area contributed by atoms with Crippen LogP contribution in [0.3, 0.4) is 0 Å². The van der Waals surface area contributed by atoms with Gasteiger partial charge in [-0.2, -0.15) is 11.3 Å². The van der Waals surface area contributed by atoms with E-state index in [2.05, 4.69) is 5.32 Å². The number of amides is 1. The van der Waals surface area contributed by atoms with Gasteiger partial charge in [-0.05, 0) is 34.5 Å². The Balaban J connectivity index is 1.77. The highest BCUT2D eigenvalue weighted by Gasteiger charge is 2.15. The van der Waals surface area contributed by atoms with Gasteiger partial charge in [0, 0.05) is 11.9 Å². The summed E-state index contributed by atoms with van der Waals surface area (Å²) in [5, 5.41) is 16.8. The van der Waals surface area contributed by atoms with E-state index in [1.165, 1.54) is 17.4 Å². The SMILES string of the molecule is O=C(NC[C@H](O)c1ccsc1)c1cc2ccccc2oc1=O. The molecule has 2 aromatic heterocycles. The highest BCUT2D eigenvalue weighted by molar-refractivity contribution is 7.07. The number of carbonyl (C=O) groups is 1. The first kappa shape index (κ1) is 14.5. The molecule has 0 aliphatic heterocycles. The van der Waals surface area contributed by atoms with E-state index >= 15 is 0 Å². The van der Waals surface area contributed by atoms with Crippen LogP contribution < -0.4 is 10.9 Å². The van der Waals surface area contributed by atoms with Gasteiger partial charge in [-0.15, -0.1) is 0 Å². The van der Waals surface area contributed by atoms with Gasteiger partial charge in [0.2, 0.25) is 0 Å². The fraction of sp³-hybridized carbons (Fsp3) is 0.125. The van der Waals surface area contributed by atoms with Crippen molar-refractivity contribution in [1.29, 1.82) is 0 Å². The molecule has 0 saturated heterocycles. The van der Waals surface area contributed by atoms with E-state index in [-0.39, 0.29) is 12.1 Å². The van der Waals surface area contributed by atoms with Gasteiger partial charge in [0.1, 0.15) is 11.1 Å². The molecule has 1 aromatic carbocycles. The summed E-state index contributed by atoms with van der Waals surface area (Å²) in [6, 6.07) is 10.2. The van der Waals surface area contributed by atoms with Crippen LogP contribution in [0.25, 0.3) is 11.0 Å². The predicted molar refractivity (Wildman–Crippen MR) is 84.1 cm³/mol. The Bertz CT molecular complexity index is 854. The minimum atomic E-state index is -0.803. The second-order valence-electron chi connectivity index (χ2n) is 4.77. The van der Waals surface area contributed by atoms with Crippen LogP contribution in [0.2, 0.25) is 0 Å². The predicted octanol–water partition coefficient (Wildman–Crippen LogP) is 2.32. The van der Waals surface area contributed by atoms with Gasteiger partial charge < -0.3 is 14.8 Å². The third kappa shape index (κ3) is 2.93. The van der Waals surface area contributed by atoms with E-state index in [0.717, 1.165) is 5.56 Å². The molecule has 112 valence electrons. The maximum absolute atomic E-state index is 12.1. The molecule has 1 atom stereocenters. The van der Waals surface area contributed by atoms with E-state index in [0.29, 0.717) is 11.0 Å². The molecule has 0 saturated carbocycles. The lowest BCUT2D eigenvalue weighted by Gasteiger charge is -2.10. The second-order valence-corrected chi connectivity index (χ2v) is 5.55. The van der Waals surface area contributed by atoms with Crippen LogP contribution in [-0.4, -0.2) is 17.6 Å². The molecular formula is C16H13NO4S. The smallest absolute Gasteiger partial charge is 0.349 e. The molecule has 0 bridgehead atoms. The van der Waals surface area contributed by atoms with Gasteiger partial charge in [-0.25, -0.2) is 4.79 Å². The number of hydrogen-bond donors (Lipinski definition) is 2. The third-order valence-electron chi connectivity index (χ3n) is 3.27. The largest absolute Gasteiger partial charge is 0.422 e. The van der Waals surface area contributed by atoms with Crippen molar-refractivity contribution in [3.63, 3.8) is 0 Å². The number of nitrogens with one attached hydrogen (secondary N) is 1. The molecule has 0 radical (unpaired) electrons. The van der Waals surface area contributed by atoms with Crippen molar-refractivity contribution in [3.8, 4) is 0 Å². The molecule has 5 nitrogen and oxygen atoms in total. The summed E-state index contributed by atoms with van der Waals surface area (Å²) in [6.07, 6.45) is -0.803. The molecule has 0 aliphatic rings. The zero-order chi connectivity index (χ0) is 15.5. The average Bonchev–Trinajstić information content (AvgIpc) is 3.06. The summed E-state index contributed by atoms with van der Waals surface area (Å²) in [4.78, 5) is 24.0. The lowest BCUT2D eigenvalue weighted by atomic mass is 10.1. The van der Waals surface area contributed by atoms with Crippen LogP contribution in [0.5, 0.6) is 0 Å². The number of aliphatic hydroxyl groups is 1. The Morgan fingerprint density at radius 2 is 2.14 bits per heavy atom. The number of fused-ring (bicyclic) bond motifs is 1. The molecule has 0 unspecified atom stereocenters. The minimum Gasteiger partial charge on any atom is -0.422 e. The number of para-hydroxylation sites is 1. The molecule has 2 N–H and O–H groups in total. The number of benzene rings is 1. The topological polar surface area (TPSA) is 79.5 Å². The Labute approximate surface area is 129 Å². The maximum Gasteiger partial charge on any atom is 0.349 e. The molecule has 3 aromatic rings. The summed E-state index contributed by atoms with van der Waals surface area (Å²) in [6.45, 7) is 0.0296. The van der Waals surface area contributed by atoms with E-state index < -0.39 is 17.6 Å². The maximum atomic E-state index is 12.1. The Hall–Kier alpha value is -2.44. The van der Waals surface area contributed by atoms with Gasteiger partial charge in [-0.1, -0.05) is 18.2 Å². The van der Waals surface area contributed by atoms with Crippen molar-refractivity contribution in [3.05, 3.63) is 68.7 Å². The van der Waals surface area contributed by atoms with Crippen LogP contribution in [0, 0.1) is 0 Å². The molecule has 2 heterocycles. The van der Waals surface area contributed by atoms with Crippen LogP contribution in [0.15, 0.2) is 56.4 Å². The van der Waals surface area contributed by atoms with Crippen molar-refractivity contribution in [2.24, 2.45) is 0 Å². The van der Waals surface area contributed by atoms with Gasteiger partial charge in [0.25, 0.3) is 5.91 Å². The van der Waals surface area contributed by atoms with Crippen molar-refractivity contribution >= 4 is 28.2 Å². The Morgan fingerprint density at radius 1 is 1.32 bits per heavy atom. The quantitative estimate of drug-likeness (QED) is 0.724. The number of aliphatic hydroxyl groups excluding tert-OH is 1. The van der Waals surface area contributed by atoms with Gasteiger partial charge in [0.15, 0.2) is 0 Å². The standard InChI is InChI=1S/C16H13NO4S/c18-13(11-5-6-22-9-11)8-17-15(19)12-7-10-3-1-2-4-14(10)21-16(12)20/h1-7,9,13,18H,8H2,(H,17,19)/t13-/m0/s1. The summed E-state index contributed by atoms with van der Waals surface area (Å²) in [5.41, 5.74) is 0.399. The number of rotatable bonds is 4. The molecule has 0 fully saturated rings. The summed E-state index contributed by atoms with van der Waals surface area (Å²) < 4.78 is 5.12. The molecule has 0 spiro atoms. The van der Waals surface area contributed by atoms with E-state index in [9.17, 15) is 14.7 Å². The highest BCUT2D eigenvalue weighted by atomic mass is 32.1. The molecule has 3 rings (SSSR count). The van der Waals surface area contributed by atoms with Gasteiger partial charge in [-0.3, -0.25) is 4.79 Å². The summed E-state index contributed by atoms with van der Waals surface area (Å²) >= 11 is 1.46. The van der Waals surface area contributed by atoms with Crippen molar-refractivity contribution < 1.29 is 14.3 Å². The van der Waals surface area contributed by atoms with Crippen LogP contribution in [-0.2, 0) is 0 Å². The van der Waals surface area contributed by atoms with Crippen LogP contribution in [0.4, 0.5) is 0 Å². The first-order valence-corrected chi connectivity index (χ1v) is 7.60.